The number of aryl methyl sites for hydroxylation is 1. The number of amides is 1. The average Bonchev–Trinajstić information content (AvgIpc) is 2.56. The monoisotopic (exact) mass is 395 g/mol. The smallest absolute Gasteiger partial charge is 0.336 e. The zero-order valence-electron chi connectivity index (χ0n) is 13.4. The lowest BCUT2D eigenvalue weighted by Gasteiger charge is -2.11. The Morgan fingerprint density at radius 2 is 1.96 bits per heavy atom. The summed E-state index contributed by atoms with van der Waals surface area (Å²) in [5, 5.41) is 3.51. The minimum Gasteiger partial charge on any atom is -0.482 e. The second-order valence-electron chi connectivity index (χ2n) is 5.49. The fourth-order valence-corrected chi connectivity index (χ4v) is 2.78. The Morgan fingerprint density at radius 1 is 1.19 bits per heavy atom. The predicted octanol–water partition coefficient (Wildman–Crippen LogP) is 4.56. The van der Waals surface area contributed by atoms with Gasteiger partial charge >= 0.3 is 5.63 Å². The standard InChI is InChI=1S/C18H12Cl2FNO4/c1-9-4-18(24)26-15-7-16(13(20)6-11(9)15)25-8-17(23)22-14-3-2-10(21)5-12(14)19/h2-7H,8H2,1H3,(H,22,23). The predicted molar refractivity (Wildman–Crippen MR) is 97.8 cm³/mol. The minimum atomic E-state index is -0.514. The van der Waals surface area contributed by atoms with E-state index in [2.05, 4.69) is 5.32 Å². The number of nitrogens with one attached hydrogen (secondary N) is 1. The van der Waals surface area contributed by atoms with E-state index in [1.165, 1.54) is 24.3 Å². The van der Waals surface area contributed by atoms with Crippen LogP contribution in [-0.4, -0.2) is 12.5 Å². The SMILES string of the molecule is Cc1cc(=O)oc2cc(OCC(=O)Nc3ccc(F)cc3Cl)c(Cl)cc12. The van der Waals surface area contributed by atoms with E-state index in [1.54, 1.807) is 13.0 Å². The summed E-state index contributed by atoms with van der Waals surface area (Å²) in [5.41, 5.74) is 0.782. The highest BCUT2D eigenvalue weighted by Gasteiger charge is 2.12. The molecule has 0 saturated carbocycles. The molecule has 0 spiro atoms. The zero-order chi connectivity index (χ0) is 18.8. The van der Waals surface area contributed by atoms with E-state index >= 15 is 0 Å². The van der Waals surface area contributed by atoms with Gasteiger partial charge in [0.15, 0.2) is 6.61 Å². The van der Waals surface area contributed by atoms with E-state index < -0.39 is 17.3 Å². The first-order valence-corrected chi connectivity index (χ1v) is 8.21. The van der Waals surface area contributed by atoms with Crippen LogP contribution in [0.4, 0.5) is 10.1 Å². The van der Waals surface area contributed by atoms with Crippen LogP contribution in [0.2, 0.25) is 10.0 Å². The zero-order valence-corrected chi connectivity index (χ0v) is 14.9. The first-order chi connectivity index (χ1) is 12.3. The summed E-state index contributed by atoms with van der Waals surface area (Å²) in [6.45, 7) is 1.39. The first kappa shape index (κ1) is 18.2. The molecule has 0 aliphatic heterocycles. The number of carbonyl (C=O) groups excluding carboxylic acids is 1. The van der Waals surface area contributed by atoms with Gasteiger partial charge in [-0.05, 0) is 36.8 Å². The van der Waals surface area contributed by atoms with Gasteiger partial charge in [-0.25, -0.2) is 9.18 Å². The van der Waals surface area contributed by atoms with E-state index in [4.69, 9.17) is 32.4 Å². The molecule has 2 aromatic carbocycles. The van der Waals surface area contributed by atoms with Gasteiger partial charge in [-0.3, -0.25) is 4.79 Å². The second kappa shape index (κ2) is 7.35. The van der Waals surface area contributed by atoms with Gasteiger partial charge in [0.05, 0.1) is 15.7 Å². The first-order valence-electron chi connectivity index (χ1n) is 7.45. The fraction of sp³-hybridized carbons (Fsp3) is 0.111. The molecule has 134 valence electrons. The molecule has 5 nitrogen and oxygen atoms in total. The number of fused-ring (bicyclic) bond motifs is 1. The van der Waals surface area contributed by atoms with Gasteiger partial charge in [-0.15, -0.1) is 0 Å². The van der Waals surface area contributed by atoms with Crippen molar-refractivity contribution in [3.63, 3.8) is 0 Å². The summed E-state index contributed by atoms with van der Waals surface area (Å²) in [4.78, 5) is 23.5. The topological polar surface area (TPSA) is 68.5 Å². The van der Waals surface area contributed by atoms with E-state index in [-0.39, 0.29) is 28.1 Å². The number of hydrogen-bond donors (Lipinski definition) is 1. The number of carbonyl (C=O) groups is 1. The Labute approximate surface area is 157 Å². The Bertz CT molecular complexity index is 1060. The summed E-state index contributed by atoms with van der Waals surface area (Å²) in [6, 6.07) is 8.01. The molecule has 3 rings (SSSR count). The van der Waals surface area contributed by atoms with Crippen molar-refractivity contribution in [2.24, 2.45) is 0 Å². The van der Waals surface area contributed by atoms with Gasteiger partial charge in [0.25, 0.3) is 5.91 Å². The molecule has 0 aliphatic carbocycles. The minimum absolute atomic E-state index is 0.0688. The highest BCUT2D eigenvalue weighted by molar-refractivity contribution is 6.33. The molecule has 3 aromatic rings. The third kappa shape index (κ3) is 3.98. The van der Waals surface area contributed by atoms with Gasteiger partial charge in [0, 0.05) is 17.5 Å². The van der Waals surface area contributed by atoms with Crippen molar-refractivity contribution < 1.29 is 18.3 Å². The Morgan fingerprint density at radius 3 is 2.69 bits per heavy atom. The van der Waals surface area contributed by atoms with E-state index in [1.807, 2.05) is 0 Å². The summed E-state index contributed by atoms with van der Waals surface area (Å²) < 4.78 is 23.5. The van der Waals surface area contributed by atoms with Crippen molar-refractivity contribution in [3.05, 3.63) is 68.2 Å². The fourth-order valence-electron chi connectivity index (χ4n) is 2.35. The van der Waals surface area contributed by atoms with E-state index in [9.17, 15) is 14.0 Å². The Hall–Kier alpha value is -2.57. The quantitative estimate of drug-likeness (QED) is 0.657. The number of hydrogen-bond acceptors (Lipinski definition) is 4. The molecule has 0 bridgehead atoms. The molecular weight excluding hydrogens is 384 g/mol. The van der Waals surface area contributed by atoms with Crippen molar-refractivity contribution in [1.82, 2.24) is 0 Å². The van der Waals surface area contributed by atoms with Crippen LogP contribution in [0.15, 0.2) is 45.6 Å². The maximum Gasteiger partial charge on any atom is 0.336 e. The van der Waals surface area contributed by atoms with Crippen LogP contribution in [0.5, 0.6) is 5.75 Å². The van der Waals surface area contributed by atoms with Crippen LogP contribution in [0.1, 0.15) is 5.56 Å². The molecule has 0 radical (unpaired) electrons. The molecule has 1 heterocycles. The number of ether oxygens (including phenoxy) is 1. The van der Waals surface area contributed by atoms with Crippen LogP contribution in [0.3, 0.4) is 0 Å². The second-order valence-corrected chi connectivity index (χ2v) is 6.30. The third-order valence-electron chi connectivity index (χ3n) is 3.57. The maximum atomic E-state index is 13.0. The number of rotatable bonds is 4. The lowest BCUT2D eigenvalue weighted by molar-refractivity contribution is -0.118. The van der Waals surface area contributed by atoms with Crippen molar-refractivity contribution in [2.75, 3.05) is 11.9 Å². The molecule has 1 amide bonds. The van der Waals surface area contributed by atoms with Crippen molar-refractivity contribution in [3.8, 4) is 5.75 Å². The molecule has 0 atom stereocenters. The molecule has 0 aliphatic rings. The summed E-state index contributed by atoms with van der Waals surface area (Å²) in [6.07, 6.45) is 0. The third-order valence-corrected chi connectivity index (χ3v) is 4.18. The number of halogens is 3. The highest BCUT2D eigenvalue weighted by atomic mass is 35.5. The molecule has 0 unspecified atom stereocenters. The van der Waals surface area contributed by atoms with Crippen LogP contribution >= 0.6 is 23.2 Å². The Balaban J connectivity index is 1.75. The lowest BCUT2D eigenvalue weighted by atomic mass is 10.1. The molecule has 8 heteroatoms. The Kier molecular flexibility index (Phi) is 5.15. The maximum absolute atomic E-state index is 13.0. The lowest BCUT2D eigenvalue weighted by Crippen LogP contribution is -2.20. The molecule has 0 saturated heterocycles. The molecule has 1 N–H and O–H groups in total. The largest absolute Gasteiger partial charge is 0.482 e. The van der Waals surface area contributed by atoms with Crippen molar-refractivity contribution in [2.45, 2.75) is 6.92 Å². The van der Waals surface area contributed by atoms with E-state index in [0.29, 0.717) is 16.5 Å². The van der Waals surface area contributed by atoms with E-state index in [0.717, 1.165) is 6.07 Å². The van der Waals surface area contributed by atoms with Crippen molar-refractivity contribution in [1.29, 1.82) is 0 Å². The molecule has 0 fully saturated rings. The normalized spacial score (nSPS) is 10.8. The number of benzene rings is 2. The summed E-state index contributed by atoms with van der Waals surface area (Å²) >= 11 is 12.0. The van der Waals surface area contributed by atoms with Crippen LogP contribution < -0.4 is 15.7 Å². The van der Waals surface area contributed by atoms with Gasteiger partial charge in [0.2, 0.25) is 0 Å². The van der Waals surface area contributed by atoms with Crippen LogP contribution in [0.25, 0.3) is 11.0 Å². The van der Waals surface area contributed by atoms with Gasteiger partial charge < -0.3 is 14.5 Å². The number of anilines is 1. The van der Waals surface area contributed by atoms with Crippen LogP contribution in [-0.2, 0) is 4.79 Å². The van der Waals surface area contributed by atoms with Gasteiger partial charge in [-0.1, -0.05) is 23.2 Å². The molecular formula is C18H12Cl2FNO4. The highest BCUT2D eigenvalue weighted by Crippen LogP contribution is 2.31. The summed E-state index contributed by atoms with van der Waals surface area (Å²) in [7, 11) is 0. The average molecular weight is 396 g/mol. The van der Waals surface area contributed by atoms with Crippen molar-refractivity contribution >= 4 is 45.8 Å². The molecule has 26 heavy (non-hydrogen) atoms. The van der Waals surface area contributed by atoms with Gasteiger partial charge in [0.1, 0.15) is 17.1 Å². The van der Waals surface area contributed by atoms with Crippen LogP contribution in [0, 0.1) is 12.7 Å². The summed E-state index contributed by atoms with van der Waals surface area (Å²) in [5.74, 6) is -0.836. The molecule has 1 aromatic heterocycles. The van der Waals surface area contributed by atoms with Gasteiger partial charge in [-0.2, -0.15) is 0 Å².